The van der Waals surface area contributed by atoms with Gasteiger partial charge < -0.3 is 10.6 Å². The zero-order valence-electron chi connectivity index (χ0n) is 11.1. The normalized spacial score (nSPS) is 10.4. The van der Waals surface area contributed by atoms with Crippen LogP contribution in [0, 0.1) is 10.1 Å². The summed E-state index contributed by atoms with van der Waals surface area (Å²) in [4.78, 5) is 14.6. The topological polar surface area (TPSA) is 80.1 Å². The van der Waals surface area contributed by atoms with Crippen LogP contribution in [-0.4, -0.2) is 15.0 Å². The fourth-order valence-electron chi connectivity index (χ4n) is 1.85. The van der Waals surface area contributed by atoms with Crippen LogP contribution >= 0.6 is 23.6 Å². The number of thiazole rings is 1. The molecule has 0 aliphatic heterocycles. The van der Waals surface area contributed by atoms with Gasteiger partial charge in [-0.05, 0) is 36.5 Å². The maximum atomic E-state index is 10.6. The van der Waals surface area contributed by atoms with E-state index >= 15 is 0 Å². The predicted molar refractivity (Wildman–Crippen MR) is 92.6 cm³/mol. The molecular formula is C14H10N4O2S2. The van der Waals surface area contributed by atoms with Crippen molar-refractivity contribution < 1.29 is 4.92 Å². The van der Waals surface area contributed by atoms with Crippen LogP contribution in [0.15, 0.2) is 48.5 Å². The first kappa shape index (κ1) is 14.4. The number of non-ortho nitro benzene ring substituents is 1. The molecule has 0 amide bonds. The average molecular weight is 330 g/mol. The Kier molecular flexibility index (Phi) is 3.94. The second kappa shape index (κ2) is 6.04. The molecule has 0 aliphatic rings. The van der Waals surface area contributed by atoms with Crippen LogP contribution in [0.4, 0.5) is 16.5 Å². The van der Waals surface area contributed by atoms with Crippen molar-refractivity contribution in [2.75, 3.05) is 10.6 Å². The number of anilines is 2. The van der Waals surface area contributed by atoms with Gasteiger partial charge in [-0.2, -0.15) is 0 Å². The second-order valence-corrected chi connectivity index (χ2v) is 5.81. The Bertz CT molecular complexity index is 812. The maximum absolute atomic E-state index is 10.6. The van der Waals surface area contributed by atoms with Crippen molar-refractivity contribution in [3.63, 3.8) is 0 Å². The third-order valence-corrected chi connectivity index (χ3v) is 4.01. The first-order valence-electron chi connectivity index (χ1n) is 6.30. The van der Waals surface area contributed by atoms with E-state index in [-0.39, 0.29) is 5.69 Å². The largest absolute Gasteiger partial charge is 0.332 e. The molecule has 0 radical (unpaired) electrons. The number of benzene rings is 2. The van der Waals surface area contributed by atoms with Crippen molar-refractivity contribution in [3.05, 3.63) is 58.6 Å². The van der Waals surface area contributed by atoms with Gasteiger partial charge in [0.05, 0.1) is 15.1 Å². The molecule has 3 aromatic rings. The summed E-state index contributed by atoms with van der Waals surface area (Å²) in [6, 6.07) is 13.9. The van der Waals surface area contributed by atoms with Crippen molar-refractivity contribution >= 4 is 55.4 Å². The van der Waals surface area contributed by atoms with Crippen LogP contribution in [0.5, 0.6) is 0 Å². The molecular weight excluding hydrogens is 320 g/mol. The van der Waals surface area contributed by atoms with E-state index < -0.39 is 4.92 Å². The zero-order chi connectivity index (χ0) is 15.5. The van der Waals surface area contributed by atoms with Gasteiger partial charge in [0.1, 0.15) is 0 Å². The smallest absolute Gasteiger partial charge is 0.269 e. The quantitative estimate of drug-likeness (QED) is 0.429. The van der Waals surface area contributed by atoms with Crippen LogP contribution in [-0.2, 0) is 0 Å². The van der Waals surface area contributed by atoms with Crippen molar-refractivity contribution in [2.45, 2.75) is 0 Å². The fraction of sp³-hybridized carbons (Fsp3) is 0. The molecule has 2 N–H and O–H groups in total. The van der Waals surface area contributed by atoms with Crippen LogP contribution < -0.4 is 10.6 Å². The first-order chi connectivity index (χ1) is 10.6. The number of hydrogen-bond acceptors (Lipinski definition) is 5. The SMILES string of the molecule is O=[N+]([O-])c1ccc(NC(=S)Nc2nc3ccccc3s2)cc1. The molecule has 0 unspecified atom stereocenters. The molecule has 0 bridgehead atoms. The van der Waals surface area contributed by atoms with E-state index in [2.05, 4.69) is 15.6 Å². The fourth-order valence-corrected chi connectivity index (χ4v) is 3.00. The number of aromatic nitrogens is 1. The van der Waals surface area contributed by atoms with Gasteiger partial charge in [-0.25, -0.2) is 4.98 Å². The number of hydrogen-bond donors (Lipinski definition) is 2. The molecule has 1 heterocycles. The Labute approximate surface area is 135 Å². The van der Waals surface area contributed by atoms with E-state index in [9.17, 15) is 10.1 Å². The highest BCUT2D eigenvalue weighted by Gasteiger charge is 2.07. The minimum atomic E-state index is -0.443. The summed E-state index contributed by atoms with van der Waals surface area (Å²) in [6.07, 6.45) is 0. The Hall–Kier alpha value is -2.58. The van der Waals surface area contributed by atoms with Crippen molar-refractivity contribution in [3.8, 4) is 0 Å². The lowest BCUT2D eigenvalue weighted by Gasteiger charge is -2.07. The average Bonchev–Trinajstić information content (AvgIpc) is 2.89. The number of rotatable bonds is 3. The third kappa shape index (κ3) is 3.18. The molecule has 0 aliphatic carbocycles. The molecule has 22 heavy (non-hydrogen) atoms. The van der Waals surface area contributed by atoms with Gasteiger partial charge >= 0.3 is 0 Å². The molecule has 6 nitrogen and oxygen atoms in total. The molecule has 0 saturated heterocycles. The van der Waals surface area contributed by atoms with Crippen LogP contribution in [0.25, 0.3) is 10.2 Å². The van der Waals surface area contributed by atoms with Crippen LogP contribution in [0.3, 0.4) is 0 Å². The van der Waals surface area contributed by atoms with Gasteiger partial charge in [0.25, 0.3) is 5.69 Å². The molecule has 8 heteroatoms. The molecule has 0 saturated carbocycles. The number of para-hydroxylation sites is 1. The van der Waals surface area contributed by atoms with E-state index in [0.717, 1.165) is 10.2 Å². The Morgan fingerprint density at radius 2 is 1.86 bits per heavy atom. The van der Waals surface area contributed by atoms with Gasteiger partial charge in [0.15, 0.2) is 10.2 Å². The van der Waals surface area contributed by atoms with Gasteiger partial charge in [0.2, 0.25) is 0 Å². The second-order valence-electron chi connectivity index (χ2n) is 4.37. The Morgan fingerprint density at radius 3 is 2.55 bits per heavy atom. The summed E-state index contributed by atoms with van der Waals surface area (Å²) in [5.41, 5.74) is 1.62. The van der Waals surface area contributed by atoms with Gasteiger partial charge in [0, 0.05) is 17.8 Å². The van der Waals surface area contributed by atoms with Crippen molar-refractivity contribution in [1.82, 2.24) is 4.98 Å². The van der Waals surface area contributed by atoms with E-state index in [4.69, 9.17) is 12.2 Å². The Morgan fingerprint density at radius 1 is 1.14 bits per heavy atom. The summed E-state index contributed by atoms with van der Waals surface area (Å²) in [5, 5.41) is 17.7. The predicted octanol–water partition coefficient (Wildman–Crippen LogP) is 4.01. The van der Waals surface area contributed by atoms with Crippen molar-refractivity contribution in [1.29, 1.82) is 0 Å². The lowest BCUT2D eigenvalue weighted by molar-refractivity contribution is -0.384. The minimum Gasteiger partial charge on any atom is -0.332 e. The molecule has 1 aromatic heterocycles. The molecule has 0 spiro atoms. The maximum Gasteiger partial charge on any atom is 0.269 e. The lowest BCUT2D eigenvalue weighted by Crippen LogP contribution is -2.18. The highest BCUT2D eigenvalue weighted by Crippen LogP contribution is 2.25. The van der Waals surface area contributed by atoms with E-state index in [0.29, 0.717) is 15.9 Å². The number of fused-ring (bicyclic) bond motifs is 1. The molecule has 0 atom stereocenters. The standard InChI is InChI=1S/C14H10N4O2S2/c19-18(20)10-7-5-9(6-8-10)15-13(21)17-14-16-11-3-1-2-4-12(11)22-14/h1-8H,(H2,15,16,17,21). The highest BCUT2D eigenvalue weighted by molar-refractivity contribution is 7.80. The van der Waals surface area contributed by atoms with Gasteiger partial charge in [-0.1, -0.05) is 23.5 Å². The van der Waals surface area contributed by atoms with Gasteiger partial charge in [-0.15, -0.1) is 0 Å². The number of thiocarbonyl (C=S) groups is 1. The summed E-state index contributed by atoms with van der Waals surface area (Å²) < 4.78 is 1.07. The van der Waals surface area contributed by atoms with Crippen LogP contribution in [0.2, 0.25) is 0 Å². The summed E-state index contributed by atoms with van der Waals surface area (Å²) in [7, 11) is 0. The molecule has 110 valence electrons. The highest BCUT2D eigenvalue weighted by atomic mass is 32.1. The summed E-state index contributed by atoms with van der Waals surface area (Å²) in [6.45, 7) is 0. The van der Waals surface area contributed by atoms with E-state index in [1.165, 1.54) is 23.5 Å². The minimum absolute atomic E-state index is 0.0376. The molecule has 3 rings (SSSR count). The number of nitrogens with one attached hydrogen (secondary N) is 2. The number of nitrogens with zero attached hydrogens (tertiary/aromatic N) is 2. The Balaban J connectivity index is 1.68. The molecule has 0 fully saturated rings. The summed E-state index contributed by atoms with van der Waals surface area (Å²) >= 11 is 6.72. The third-order valence-electron chi connectivity index (χ3n) is 2.85. The first-order valence-corrected chi connectivity index (χ1v) is 7.52. The van der Waals surface area contributed by atoms with Crippen LogP contribution in [0.1, 0.15) is 0 Å². The van der Waals surface area contributed by atoms with E-state index in [1.807, 2.05) is 24.3 Å². The number of nitro benzene ring substituents is 1. The van der Waals surface area contributed by atoms with Gasteiger partial charge in [-0.3, -0.25) is 10.1 Å². The van der Waals surface area contributed by atoms with Crippen molar-refractivity contribution in [2.24, 2.45) is 0 Å². The summed E-state index contributed by atoms with van der Waals surface area (Å²) in [5.74, 6) is 0. The molecule has 2 aromatic carbocycles. The lowest BCUT2D eigenvalue weighted by atomic mass is 10.3. The number of nitro groups is 1. The zero-order valence-corrected chi connectivity index (χ0v) is 12.8. The monoisotopic (exact) mass is 330 g/mol. The van der Waals surface area contributed by atoms with E-state index in [1.54, 1.807) is 12.1 Å².